The SMILES string of the molecule is CCOCCN1C(=O)/C(=C/c2ccc(O)c(OC)c2)SC1=Nc1ccccc1. The number of hydrogen-bond donors (Lipinski definition) is 1. The van der Waals surface area contributed by atoms with Crippen LogP contribution in [0.2, 0.25) is 0 Å². The van der Waals surface area contributed by atoms with Gasteiger partial charge < -0.3 is 14.6 Å². The number of nitrogens with zero attached hydrogens (tertiary/aromatic N) is 2. The minimum absolute atomic E-state index is 0.0553. The standard InChI is InChI=1S/C21H22N2O4S/c1-3-27-12-11-23-20(25)19(14-15-9-10-17(24)18(13-15)26-2)28-21(23)22-16-7-5-4-6-8-16/h4-10,13-14,24H,3,11-12H2,1-2H3/b19-14-,22-21?. The molecule has 146 valence electrons. The second kappa shape index (κ2) is 9.43. The van der Waals surface area contributed by atoms with E-state index in [2.05, 4.69) is 4.99 Å². The third-order valence-electron chi connectivity index (χ3n) is 4.03. The molecular weight excluding hydrogens is 376 g/mol. The van der Waals surface area contributed by atoms with Gasteiger partial charge in [-0.05, 0) is 54.6 Å². The van der Waals surface area contributed by atoms with Gasteiger partial charge in [0.2, 0.25) is 0 Å². The van der Waals surface area contributed by atoms with Crippen molar-refractivity contribution in [2.24, 2.45) is 4.99 Å². The van der Waals surface area contributed by atoms with Crippen molar-refractivity contribution in [3.8, 4) is 11.5 Å². The number of rotatable bonds is 7. The van der Waals surface area contributed by atoms with Gasteiger partial charge in [-0.25, -0.2) is 4.99 Å². The number of benzene rings is 2. The Morgan fingerprint density at radius 3 is 2.71 bits per heavy atom. The zero-order valence-corrected chi connectivity index (χ0v) is 16.6. The number of carbonyl (C=O) groups excluding carboxylic acids is 1. The van der Waals surface area contributed by atoms with Crippen molar-refractivity contribution >= 4 is 34.6 Å². The molecule has 1 fully saturated rings. The largest absolute Gasteiger partial charge is 0.504 e. The number of aromatic hydroxyl groups is 1. The summed E-state index contributed by atoms with van der Waals surface area (Å²) in [6.45, 7) is 3.39. The molecule has 1 aliphatic rings. The van der Waals surface area contributed by atoms with Crippen molar-refractivity contribution in [2.75, 3.05) is 26.9 Å². The normalized spacial score (nSPS) is 16.9. The molecule has 2 aromatic carbocycles. The quantitative estimate of drug-likeness (QED) is 0.563. The Balaban J connectivity index is 1.90. The molecule has 0 bridgehead atoms. The molecule has 6 nitrogen and oxygen atoms in total. The lowest BCUT2D eigenvalue weighted by molar-refractivity contribution is -0.122. The summed E-state index contributed by atoms with van der Waals surface area (Å²) in [4.78, 5) is 19.8. The average molecular weight is 398 g/mol. The van der Waals surface area contributed by atoms with E-state index in [0.717, 1.165) is 11.3 Å². The van der Waals surface area contributed by atoms with Crippen LogP contribution < -0.4 is 4.74 Å². The predicted molar refractivity (Wildman–Crippen MR) is 112 cm³/mol. The number of aliphatic imine (C=N–C) groups is 1. The highest BCUT2D eigenvalue weighted by atomic mass is 32.2. The smallest absolute Gasteiger partial charge is 0.266 e. The van der Waals surface area contributed by atoms with Crippen molar-refractivity contribution in [1.29, 1.82) is 0 Å². The van der Waals surface area contributed by atoms with E-state index in [4.69, 9.17) is 9.47 Å². The molecule has 7 heteroatoms. The van der Waals surface area contributed by atoms with Gasteiger partial charge in [0.25, 0.3) is 5.91 Å². The molecule has 1 N–H and O–H groups in total. The zero-order valence-electron chi connectivity index (χ0n) is 15.8. The van der Waals surface area contributed by atoms with E-state index < -0.39 is 0 Å². The summed E-state index contributed by atoms with van der Waals surface area (Å²) in [5.74, 6) is 0.294. The lowest BCUT2D eigenvalue weighted by Crippen LogP contribution is -2.32. The fraction of sp³-hybridized carbons (Fsp3) is 0.238. The van der Waals surface area contributed by atoms with Crippen LogP contribution in [0.4, 0.5) is 5.69 Å². The number of thioether (sulfide) groups is 1. The fourth-order valence-corrected chi connectivity index (χ4v) is 3.66. The molecular formula is C21H22N2O4S. The van der Waals surface area contributed by atoms with E-state index in [0.29, 0.717) is 35.6 Å². The number of ether oxygens (including phenoxy) is 2. The van der Waals surface area contributed by atoms with Gasteiger partial charge in [0.05, 0.1) is 30.9 Å². The van der Waals surface area contributed by atoms with E-state index in [1.165, 1.54) is 18.9 Å². The van der Waals surface area contributed by atoms with Crippen LogP contribution in [0.5, 0.6) is 11.5 Å². The van der Waals surface area contributed by atoms with Crippen LogP contribution in [0.15, 0.2) is 58.4 Å². The Bertz CT molecular complexity index is 897. The molecule has 3 rings (SSSR count). The number of phenols is 1. The number of amides is 1. The summed E-state index contributed by atoms with van der Waals surface area (Å²) in [6.07, 6.45) is 1.77. The van der Waals surface area contributed by atoms with Crippen LogP contribution >= 0.6 is 11.8 Å². The van der Waals surface area contributed by atoms with Crippen molar-refractivity contribution < 1.29 is 19.4 Å². The molecule has 2 aromatic rings. The maximum Gasteiger partial charge on any atom is 0.266 e. The van der Waals surface area contributed by atoms with Gasteiger partial charge in [-0.3, -0.25) is 9.69 Å². The minimum atomic E-state index is -0.119. The van der Waals surface area contributed by atoms with Crippen LogP contribution in [-0.2, 0) is 9.53 Å². The Labute approximate surface area is 168 Å². The summed E-state index contributed by atoms with van der Waals surface area (Å²) in [5, 5.41) is 10.4. The van der Waals surface area contributed by atoms with Gasteiger partial charge in [-0.1, -0.05) is 24.3 Å². The molecule has 1 aliphatic heterocycles. The third-order valence-corrected chi connectivity index (χ3v) is 5.04. The number of methoxy groups -OCH3 is 1. The van der Waals surface area contributed by atoms with Crippen LogP contribution in [0.1, 0.15) is 12.5 Å². The van der Waals surface area contributed by atoms with E-state index in [9.17, 15) is 9.90 Å². The van der Waals surface area contributed by atoms with E-state index in [1.54, 1.807) is 29.2 Å². The first-order chi connectivity index (χ1) is 13.6. The number of para-hydroxylation sites is 1. The molecule has 0 atom stereocenters. The highest BCUT2D eigenvalue weighted by Gasteiger charge is 2.33. The van der Waals surface area contributed by atoms with Crippen molar-refractivity contribution in [3.05, 3.63) is 59.0 Å². The Morgan fingerprint density at radius 1 is 1.21 bits per heavy atom. The molecule has 1 heterocycles. The topological polar surface area (TPSA) is 71.4 Å². The Morgan fingerprint density at radius 2 is 2.00 bits per heavy atom. The summed E-state index contributed by atoms with van der Waals surface area (Å²) in [6, 6.07) is 14.5. The lowest BCUT2D eigenvalue weighted by Gasteiger charge is -2.15. The molecule has 0 radical (unpaired) electrons. The Kier molecular flexibility index (Phi) is 6.73. The highest BCUT2D eigenvalue weighted by Crippen LogP contribution is 2.35. The third kappa shape index (κ3) is 4.74. The van der Waals surface area contributed by atoms with Gasteiger partial charge in [-0.15, -0.1) is 0 Å². The summed E-state index contributed by atoms with van der Waals surface area (Å²) >= 11 is 1.32. The average Bonchev–Trinajstić information content (AvgIpc) is 2.99. The fourth-order valence-electron chi connectivity index (χ4n) is 2.64. The second-order valence-corrected chi connectivity index (χ2v) is 6.93. The first-order valence-corrected chi connectivity index (χ1v) is 9.74. The van der Waals surface area contributed by atoms with Crippen molar-refractivity contribution in [2.45, 2.75) is 6.92 Å². The highest BCUT2D eigenvalue weighted by molar-refractivity contribution is 8.18. The molecule has 0 saturated carbocycles. The van der Waals surface area contributed by atoms with Crippen molar-refractivity contribution in [3.63, 3.8) is 0 Å². The van der Waals surface area contributed by atoms with Crippen LogP contribution in [0.25, 0.3) is 6.08 Å². The molecule has 0 unspecified atom stereocenters. The van der Waals surface area contributed by atoms with E-state index in [-0.39, 0.29) is 11.7 Å². The number of amidine groups is 1. The molecule has 0 aliphatic carbocycles. The maximum absolute atomic E-state index is 12.9. The van der Waals surface area contributed by atoms with Gasteiger partial charge in [0.1, 0.15) is 0 Å². The first-order valence-electron chi connectivity index (χ1n) is 8.92. The molecule has 0 aromatic heterocycles. The summed E-state index contributed by atoms with van der Waals surface area (Å²) < 4.78 is 10.6. The zero-order chi connectivity index (χ0) is 19.9. The number of hydrogen-bond acceptors (Lipinski definition) is 6. The Hall–Kier alpha value is -2.77. The monoisotopic (exact) mass is 398 g/mol. The molecule has 28 heavy (non-hydrogen) atoms. The number of carbonyl (C=O) groups is 1. The van der Waals surface area contributed by atoms with Gasteiger partial charge in [0, 0.05) is 6.61 Å². The van der Waals surface area contributed by atoms with Gasteiger partial charge in [0.15, 0.2) is 16.7 Å². The minimum Gasteiger partial charge on any atom is -0.504 e. The number of phenolic OH excluding ortho intramolecular Hbond substituents is 1. The van der Waals surface area contributed by atoms with Crippen molar-refractivity contribution in [1.82, 2.24) is 4.90 Å². The first kappa shape index (κ1) is 20.0. The second-order valence-electron chi connectivity index (χ2n) is 5.93. The van der Waals surface area contributed by atoms with Gasteiger partial charge in [-0.2, -0.15) is 0 Å². The summed E-state index contributed by atoms with van der Waals surface area (Å²) in [5.41, 5.74) is 1.54. The van der Waals surface area contributed by atoms with E-state index >= 15 is 0 Å². The molecule has 1 amide bonds. The predicted octanol–water partition coefficient (Wildman–Crippen LogP) is 4.04. The van der Waals surface area contributed by atoms with Crippen LogP contribution in [0, 0.1) is 0 Å². The van der Waals surface area contributed by atoms with Crippen LogP contribution in [-0.4, -0.2) is 47.9 Å². The van der Waals surface area contributed by atoms with Crippen LogP contribution in [0.3, 0.4) is 0 Å². The van der Waals surface area contributed by atoms with Gasteiger partial charge >= 0.3 is 0 Å². The maximum atomic E-state index is 12.9. The lowest BCUT2D eigenvalue weighted by atomic mass is 10.2. The van der Waals surface area contributed by atoms with E-state index in [1.807, 2.05) is 37.3 Å². The summed E-state index contributed by atoms with van der Waals surface area (Å²) in [7, 11) is 1.49. The molecule has 1 saturated heterocycles. The molecule has 0 spiro atoms.